The van der Waals surface area contributed by atoms with Crippen LogP contribution in [0.5, 0.6) is 0 Å². The zero-order valence-corrected chi connectivity index (χ0v) is 10.3. The third kappa shape index (κ3) is 1.59. The quantitative estimate of drug-likeness (QED) is 0.667. The summed E-state index contributed by atoms with van der Waals surface area (Å²) in [4.78, 5) is 0. The van der Waals surface area contributed by atoms with Gasteiger partial charge in [0.2, 0.25) is 0 Å². The van der Waals surface area contributed by atoms with Gasteiger partial charge < -0.3 is 0 Å². The average molecular weight is 198 g/mol. The van der Waals surface area contributed by atoms with Crippen molar-refractivity contribution in [2.24, 2.45) is 5.92 Å². The molecule has 0 N–H and O–H groups in total. The lowest BCUT2D eigenvalue weighted by Gasteiger charge is -2.53. The molecule has 83 valence electrons. The molecule has 0 aliphatic carbocycles. The fourth-order valence-electron chi connectivity index (χ4n) is 2.57. The van der Waals surface area contributed by atoms with Crippen LogP contribution in [-0.4, -0.2) is 16.1 Å². The van der Waals surface area contributed by atoms with Crippen LogP contribution in [0.4, 0.5) is 0 Å². The Morgan fingerprint density at radius 1 is 1.29 bits per heavy atom. The maximum Gasteiger partial charge on any atom is 0.0494 e. The van der Waals surface area contributed by atoms with Gasteiger partial charge in [-0.25, -0.2) is 0 Å². The standard InChI is InChI=1S/C12H24NO/c1-6-11(4)9-8-10(3)12(5,7-2)13(11)14/h10H,6-9H2,1-5H3. The zero-order chi connectivity index (χ0) is 11.0. The van der Waals surface area contributed by atoms with Crippen LogP contribution in [0.25, 0.3) is 0 Å². The summed E-state index contributed by atoms with van der Waals surface area (Å²) in [5, 5.41) is 13.8. The molecule has 2 heteroatoms. The minimum Gasteiger partial charge on any atom is -0.143 e. The maximum atomic E-state index is 12.4. The van der Waals surface area contributed by atoms with Crippen molar-refractivity contribution in [2.45, 2.75) is 71.4 Å². The summed E-state index contributed by atoms with van der Waals surface area (Å²) in [6.45, 7) is 10.7. The third-order valence-corrected chi connectivity index (χ3v) is 4.61. The first-order valence-electron chi connectivity index (χ1n) is 5.88. The normalized spacial score (nSPS) is 45.4. The van der Waals surface area contributed by atoms with Crippen molar-refractivity contribution >= 4 is 0 Å². The van der Waals surface area contributed by atoms with Gasteiger partial charge in [-0.15, -0.1) is 10.3 Å². The number of hydrogen-bond donors (Lipinski definition) is 0. The van der Waals surface area contributed by atoms with Crippen LogP contribution in [0, 0.1) is 5.92 Å². The van der Waals surface area contributed by atoms with E-state index in [0.29, 0.717) is 5.92 Å². The Balaban J connectivity index is 2.94. The molecular weight excluding hydrogens is 174 g/mol. The van der Waals surface area contributed by atoms with Crippen LogP contribution in [0.2, 0.25) is 0 Å². The number of rotatable bonds is 2. The molecular formula is C12H24NO. The second-order valence-electron chi connectivity index (χ2n) is 5.30. The summed E-state index contributed by atoms with van der Waals surface area (Å²) in [6, 6.07) is 0. The first-order valence-corrected chi connectivity index (χ1v) is 5.88. The molecule has 1 rings (SSSR count). The molecule has 1 saturated heterocycles. The summed E-state index contributed by atoms with van der Waals surface area (Å²) in [6.07, 6.45) is 4.14. The molecule has 3 atom stereocenters. The number of hydroxylamine groups is 2. The highest BCUT2D eigenvalue weighted by molar-refractivity contribution is 4.99. The highest BCUT2D eigenvalue weighted by Crippen LogP contribution is 2.44. The molecule has 1 aliphatic heterocycles. The van der Waals surface area contributed by atoms with E-state index in [1.54, 1.807) is 0 Å². The lowest BCUT2D eigenvalue weighted by atomic mass is 9.71. The van der Waals surface area contributed by atoms with Gasteiger partial charge in [-0.05, 0) is 45.4 Å². The van der Waals surface area contributed by atoms with Gasteiger partial charge in [-0.1, -0.05) is 20.8 Å². The molecule has 0 saturated carbocycles. The Labute approximate surface area is 88.3 Å². The molecule has 2 nitrogen and oxygen atoms in total. The van der Waals surface area contributed by atoms with Gasteiger partial charge in [0.15, 0.2) is 0 Å². The van der Waals surface area contributed by atoms with E-state index in [2.05, 4.69) is 34.6 Å². The second kappa shape index (κ2) is 3.82. The van der Waals surface area contributed by atoms with Crippen molar-refractivity contribution in [1.82, 2.24) is 5.06 Å². The van der Waals surface area contributed by atoms with Crippen molar-refractivity contribution in [3.05, 3.63) is 0 Å². The Bertz CT molecular complexity index is 206. The van der Waals surface area contributed by atoms with Gasteiger partial charge in [-0.3, -0.25) is 0 Å². The summed E-state index contributed by atoms with van der Waals surface area (Å²) < 4.78 is 0. The fraction of sp³-hybridized carbons (Fsp3) is 1.00. The summed E-state index contributed by atoms with van der Waals surface area (Å²) >= 11 is 0. The van der Waals surface area contributed by atoms with Crippen molar-refractivity contribution in [1.29, 1.82) is 0 Å². The molecule has 14 heavy (non-hydrogen) atoms. The molecule has 0 aromatic heterocycles. The molecule has 0 aromatic rings. The lowest BCUT2D eigenvalue weighted by molar-refractivity contribution is -0.309. The van der Waals surface area contributed by atoms with Gasteiger partial charge in [0.05, 0.1) is 0 Å². The van der Waals surface area contributed by atoms with Crippen molar-refractivity contribution < 1.29 is 5.21 Å². The van der Waals surface area contributed by atoms with E-state index in [-0.39, 0.29) is 11.1 Å². The summed E-state index contributed by atoms with van der Waals surface area (Å²) in [5.74, 6) is 0.518. The van der Waals surface area contributed by atoms with Gasteiger partial charge in [-0.2, -0.15) is 0 Å². The molecule has 1 heterocycles. The van der Waals surface area contributed by atoms with Crippen molar-refractivity contribution in [3.8, 4) is 0 Å². The molecule has 0 bridgehead atoms. The number of hydrogen-bond acceptors (Lipinski definition) is 1. The summed E-state index contributed by atoms with van der Waals surface area (Å²) in [7, 11) is 0. The van der Waals surface area contributed by atoms with Crippen LogP contribution in [-0.2, 0) is 5.21 Å². The molecule has 1 fully saturated rings. The van der Waals surface area contributed by atoms with E-state index in [9.17, 15) is 5.21 Å². The van der Waals surface area contributed by atoms with Crippen LogP contribution in [0.1, 0.15) is 60.3 Å². The monoisotopic (exact) mass is 198 g/mol. The van der Waals surface area contributed by atoms with Gasteiger partial charge in [0, 0.05) is 11.1 Å². The van der Waals surface area contributed by atoms with Crippen molar-refractivity contribution in [3.63, 3.8) is 0 Å². The van der Waals surface area contributed by atoms with E-state index in [4.69, 9.17) is 0 Å². The lowest BCUT2D eigenvalue weighted by Crippen LogP contribution is -2.61. The van der Waals surface area contributed by atoms with Crippen molar-refractivity contribution in [2.75, 3.05) is 0 Å². The molecule has 0 amide bonds. The van der Waals surface area contributed by atoms with Gasteiger partial charge in [0.1, 0.15) is 0 Å². The largest absolute Gasteiger partial charge is 0.143 e. The molecule has 1 radical (unpaired) electrons. The second-order valence-corrected chi connectivity index (χ2v) is 5.30. The van der Waals surface area contributed by atoms with E-state index in [1.807, 2.05) is 0 Å². The third-order valence-electron chi connectivity index (χ3n) is 4.61. The van der Waals surface area contributed by atoms with Crippen LogP contribution >= 0.6 is 0 Å². The van der Waals surface area contributed by atoms with Crippen LogP contribution in [0.3, 0.4) is 0 Å². The predicted octanol–water partition coefficient (Wildman–Crippen LogP) is 3.40. The first kappa shape index (κ1) is 12.0. The SMILES string of the molecule is CCC1(C)CCC(C)C(C)(CC)N1[O]. The number of nitrogens with zero attached hydrogens (tertiary/aromatic N) is 1. The first-order chi connectivity index (χ1) is 6.40. The smallest absolute Gasteiger partial charge is 0.0494 e. The van der Waals surface area contributed by atoms with Gasteiger partial charge in [0.25, 0.3) is 0 Å². The Morgan fingerprint density at radius 2 is 1.86 bits per heavy atom. The molecule has 0 aromatic carbocycles. The summed E-state index contributed by atoms with van der Waals surface area (Å²) in [5.41, 5.74) is -0.277. The average Bonchev–Trinajstić information content (AvgIpc) is 2.21. The van der Waals surface area contributed by atoms with E-state index < -0.39 is 0 Å². The molecule has 0 spiro atoms. The Hall–Kier alpha value is -0.0800. The number of piperidine rings is 1. The van der Waals surface area contributed by atoms with Crippen LogP contribution in [0.15, 0.2) is 0 Å². The maximum absolute atomic E-state index is 12.4. The van der Waals surface area contributed by atoms with E-state index >= 15 is 0 Å². The predicted molar refractivity (Wildman–Crippen MR) is 58.3 cm³/mol. The highest BCUT2D eigenvalue weighted by Gasteiger charge is 2.49. The molecule has 3 unspecified atom stereocenters. The highest BCUT2D eigenvalue weighted by atomic mass is 16.5. The van der Waals surface area contributed by atoms with Crippen LogP contribution < -0.4 is 0 Å². The minimum absolute atomic E-state index is 0.128. The zero-order valence-electron chi connectivity index (χ0n) is 10.3. The van der Waals surface area contributed by atoms with E-state index in [0.717, 1.165) is 19.3 Å². The fourth-order valence-corrected chi connectivity index (χ4v) is 2.57. The Morgan fingerprint density at radius 3 is 2.29 bits per heavy atom. The Kier molecular flexibility index (Phi) is 3.27. The topological polar surface area (TPSA) is 23.1 Å². The minimum atomic E-state index is -0.150. The van der Waals surface area contributed by atoms with Gasteiger partial charge >= 0.3 is 0 Å². The van der Waals surface area contributed by atoms with E-state index in [1.165, 1.54) is 11.5 Å². The molecule has 1 aliphatic rings.